The van der Waals surface area contributed by atoms with Gasteiger partial charge in [-0.15, -0.1) is 11.3 Å². The van der Waals surface area contributed by atoms with Crippen molar-refractivity contribution in [3.63, 3.8) is 0 Å². The van der Waals surface area contributed by atoms with Crippen molar-refractivity contribution in [1.82, 2.24) is 4.90 Å². The number of amides is 2. The van der Waals surface area contributed by atoms with Crippen LogP contribution in [0.4, 0.5) is 11.4 Å². The van der Waals surface area contributed by atoms with E-state index in [0.717, 1.165) is 60.3 Å². The molecule has 1 aliphatic carbocycles. The topological polar surface area (TPSA) is 81.2 Å². The van der Waals surface area contributed by atoms with E-state index in [-0.39, 0.29) is 29.3 Å². The number of hydrogen-bond acceptors (Lipinski definition) is 5. The molecule has 3 heterocycles. The third-order valence-electron chi connectivity index (χ3n) is 8.55. The Morgan fingerprint density at radius 1 is 0.925 bits per heavy atom. The fourth-order valence-corrected chi connectivity index (χ4v) is 7.59. The molecule has 8 heteroatoms. The van der Waals surface area contributed by atoms with Gasteiger partial charge in [-0.3, -0.25) is 14.5 Å². The van der Waals surface area contributed by atoms with Crippen LogP contribution in [0.3, 0.4) is 0 Å². The highest BCUT2D eigenvalue weighted by molar-refractivity contribution is 7.18. The average Bonchev–Trinajstić information content (AvgIpc) is 3.61. The molecule has 7 nitrogen and oxygen atoms in total. The van der Waals surface area contributed by atoms with Crippen LogP contribution < -0.4 is 9.80 Å². The number of rotatable bonds is 7. The van der Waals surface area contributed by atoms with Gasteiger partial charge in [0.15, 0.2) is 0 Å². The molecule has 2 aromatic carbocycles. The largest absolute Gasteiger partial charge is 0.477 e. The van der Waals surface area contributed by atoms with Crippen LogP contribution in [0.1, 0.15) is 60.2 Å². The molecule has 0 radical (unpaired) electrons. The first-order chi connectivity index (χ1) is 19.5. The maximum Gasteiger partial charge on any atom is 0.348 e. The normalized spacial score (nSPS) is 20.9. The van der Waals surface area contributed by atoms with Crippen molar-refractivity contribution in [2.24, 2.45) is 5.92 Å². The first-order valence-corrected chi connectivity index (χ1v) is 15.2. The summed E-state index contributed by atoms with van der Waals surface area (Å²) in [6, 6.07) is 19.7. The lowest BCUT2D eigenvalue weighted by molar-refractivity contribution is -0.123. The molecule has 2 saturated heterocycles. The summed E-state index contributed by atoms with van der Waals surface area (Å²) in [5, 5.41) is 10.1. The zero-order valence-corrected chi connectivity index (χ0v) is 23.4. The number of hydrogen-bond donors (Lipinski definition) is 1. The Labute approximate surface area is 239 Å². The van der Waals surface area contributed by atoms with Crippen molar-refractivity contribution in [3.05, 3.63) is 71.1 Å². The van der Waals surface area contributed by atoms with Crippen LogP contribution in [-0.2, 0) is 16.1 Å². The van der Waals surface area contributed by atoms with E-state index in [0.29, 0.717) is 31.1 Å². The van der Waals surface area contributed by atoms with E-state index in [2.05, 4.69) is 17.0 Å². The van der Waals surface area contributed by atoms with Gasteiger partial charge in [0.25, 0.3) is 0 Å². The molecule has 0 bridgehead atoms. The Morgan fingerprint density at radius 3 is 2.35 bits per heavy atom. The van der Waals surface area contributed by atoms with Gasteiger partial charge in [0.2, 0.25) is 11.8 Å². The van der Waals surface area contributed by atoms with Crippen LogP contribution in [0.25, 0.3) is 10.4 Å². The van der Waals surface area contributed by atoms with E-state index in [1.54, 1.807) is 0 Å². The standard InChI is InChI=1S/C32H35N3O4S/c36-29-12-7-17-34(29)25-15-13-22(14-16-25)19-33-20-27(23-8-3-1-4-9-23)35(30(37)21-33)26-18-28(40-31(26)32(38)39)24-10-5-2-6-11-24/h2,5-6,10-11,13-16,18,23,27H,1,3-4,7-9,12,17,19-21H2,(H,38,39). The van der Waals surface area contributed by atoms with Crippen LogP contribution in [0.15, 0.2) is 60.7 Å². The highest BCUT2D eigenvalue weighted by Gasteiger charge is 2.40. The molecular formula is C32H35N3O4S. The minimum Gasteiger partial charge on any atom is -0.477 e. The van der Waals surface area contributed by atoms with E-state index in [9.17, 15) is 19.5 Å². The van der Waals surface area contributed by atoms with E-state index in [1.807, 2.05) is 58.3 Å². The molecule has 40 heavy (non-hydrogen) atoms. The van der Waals surface area contributed by atoms with Crippen molar-refractivity contribution in [2.45, 2.75) is 57.5 Å². The lowest BCUT2D eigenvalue weighted by Gasteiger charge is -2.45. The first-order valence-electron chi connectivity index (χ1n) is 14.3. The predicted molar refractivity (Wildman–Crippen MR) is 158 cm³/mol. The van der Waals surface area contributed by atoms with Crippen LogP contribution in [0.2, 0.25) is 0 Å². The Kier molecular flexibility index (Phi) is 7.71. The summed E-state index contributed by atoms with van der Waals surface area (Å²) in [4.78, 5) is 45.4. The molecule has 1 aromatic heterocycles. The number of aromatic carboxylic acids is 1. The third kappa shape index (κ3) is 5.43. The fraction of sp³-hybridized carbons (Fsp3) is 0.406. The van der Waals surface area contributed by atoms with Crippen molar-refractivity contribution in [2.75, 3.05) is 29.4 Å². The van der Waals surface area contributed by atoms with Gasteiger partial charge in [-0.25, -0.2) is 4.79 Å². The molecule has 1 unspecified atom stereocenters. The number of carbonyl (C=O) groups excluding carboxylic acids is 2. The molecule has 2 amide bonds. The SMILES string of the molecule is O=C(O)c1sc(-c2ccccc2)cc1N1C(=O)CN(Cc2ccc(N3CCCC3=O)cc2)CC1C1CCCCC1. The van der Waals surface area contributed by atoms with E-state index >= 15 is 0 Å². The Balaban J connectivity index is 1.27. The number of nitrogens with zero attached hydrogens (tertiary/aromatic N) is 3. The number of carboxylic acid groups (broad SMARTS) is 1. The third-order valence-corrected chi connectivity index (χ3v) is 9.71. The lowest BCUT2D eigenvalue weighted by Crippen LogP contribution is -2.59. The zero-order valence-electron chi connectivity index (χ0n) is 22.6. The van der Waals surface area contributed by atoms with Crippen LogP contribution in [-0.4, -0.2) is 53.5 Å². The summed E-state index contributed by atoms with van der Waals surface area (Å²) < 4.78 is 0. The maximum absolute atomic E-state index is 13.9. The number of anilines is 2. The molecular weight excluding hydrogens is 522 g/mol. The quantitative estimate of drug-likeness (QED) is 0.383. The van der Waals surface area contributed by atoms with Crippen molar-refractivity contribution in [1.29, 1.82) is 0 Å². The zero-order chi connectivity index (χ0) is 27.6. The Hall–Kier alpha value is -3.49. The molecule has 1 N–H and O–H groups in total. The summed E-state index contributed by atoms with van der Waals surface area (Å²) in [7, 11) is 0. The Morgan fingerprint density at radius 2 is 1.68 bits per heavy atom. The van der Waals surface area contributed by atoms with Gasteiger partial charge in [-0.2, -0.15) is 0 Å². The number of benzene rings is 2. The van der Waals surface area contributed by atoms with Crippen LogP contribution >= 0.6 is 11.3 Å². The molecule has 3 fully saturated rings. The fourth-order valence-electron chi connectivity index (χ4n) is 6.59. The van der Waals surface area contributed by atoms with Gasteiger partial charge in [-0.05, 0) is 54.5 Å². The molecule has 1 atom stereocenters. The van der Waals surface area contributed by atoms with E-state index in [1.165, 1.54) is 17.8 Å². The molecule has 3 aromatic rings. The van der Waals surface area contributed by atoms with Crippen LogP contribution in [0, 0.1) is 5.92 Å². The number of thiophene rings is 1. The monoisotopic (exact) mass is 557 g/mol. The minimum atomic E-state index is -0.989. The number of carboxylic acids is 1. The van der Waals surface area contributed by atoms with Crippen LogP contribution in [0.5, 0.6) is 0 Å². The summed E-state index contributed by atoms with van der Waals surface area (Å²) in [6.07, 6.45) is 7.12. The maximum atomic E-state index is 13.9. The van der Waals surface area contributed by atoms with Gasteiger partial charge in [-0.1, -0.05) is 61.7 Å². The summed E-state index contributed by atoms with van der Waals surface area (Å²) in [5.74, 6) is -0.516. The van der Waals surface area contributed by atoms with Crippen molar-refractivity contribution in [3.8, 4) is 10.4 Å². The number of piperazine rings is 1. The van der Waals surface area contributed by atoms with Gasteiger partial charge < -0.3 is 14.9 Å². The highest BCUT2D eigenvalue weighted by atomic mass is 32.1. The second-order valence-corrected chi connectivity index (χ2v) is 12.3. The van der Waals surface area contributed by atoms with E-state index in [4.69, 9.17) is 0 Å². The van der Waals surface area contributed by atoms with E-state index < -0.39 is 5.97 Å². The minimum absolute atomic E-state index is 0.0407. The molecule has 0 spiro atoms. The summed E-state index contributed by atoms with van der Waals surface area (Å²) in [5.41, 5.74) is 3.53. The Bertz CT molecular complexity index is 1380. The number of carbonyl (C=O) groups is 3. The smallest absolute Gasteiger partial charge is 0.348 e. The first kappa shape index (κ1) is 26.7. The van der Waals surface area contributed by atoms with Crippen molar-refractivity contribution < 1.29 is 19.5 Å². The summed E-state index contributed by atoms with van der Waals surface area (Å²) in [6.45, 7) is 2.36. The molecule has 2 aliphatic heterocycles. The average molecular weight is 558 g/mol. The molecule has 3 aliphatic rings. The summed E-state index contributed by atoms with van der Waals surface area (Å²) >= 11 is 1.25. The van der Waals surface area contributed by atoms with Gasteiger partial charge in [0, 0.05) is 36.6 Å². The van der Waals surface area contributed by atoms with Crippen molar-refractivity contribution >= 4 is 40.5 Å². The highest BCUT2D eigenvalue weighted by Crippen LogP contribution is 2.41. The second-order valence-electron chi connectivity index (χ2n) is 11.2. The molecule has 208 valence electrons. The predicted octanol–water partition coefficient (Wildman–Crippen LogP) is 6.04. The van der Waals surface area contributed by atoms with Gasteiger partial charge in [0.05, 0.1) is 18.3 Å². The second kappa shape index (κ2) is 11.6. The van der Waals surface area contributed by atoms with Gasteiger partial charge in [0.1, 0.15) is 4.88 Å². The van der Waals surface area contributed by atoms with Gasteiger partial charge >= 0.3 is 5.97 Å². The lowest BCUT2D eigenvalue weighted by atomic mass is 9.82. The molecule has 1 saturated carbocycles. The molecule has 6 rings (SSSR count).